The van der Waals surface area contributed by atoms with Gasteiger partial charge >= 0.3 is 0 Å². The third kappa shape index (κ3) is 4.80. The average Bonchev–Trinajstić information content (AvgIpc) is 3.00. The van der Waals surface area contributed by atoms with Gasteiger partial charge in [-0.2, -0.15) is 0 Å². The summed E-state index contributed by atoms with van der Waals surface area (Å²) < 4.78 is 7.82. The van der Waals surface area contributed by atoms with Crippen molar-refractivity contribution in [2.24, 2.45) is 7.05 Å². The molecule has 0 spiro atoms. The zero-order valence-electron chi connectivity index (χ0n) is 15.1. The Morgan fingerprint density at radius 1 is 1.04 bits per heavy atom. The fraction of sp³-hybridized carbons (Fsp3) is 0.300. The summed E-state index contributed by atoms with van der Waals surface area (Å²) in [5.74, 6) is 2.98. The van der Waals surface area contributed by atoms with E-state index in [9.17, 15) is 0 Å². The lowest BCUT2D eigenvalue weighted by molar-refractivity contribution is 0.290. The van der Waals surface area contributed by atoms with E-state index in [-0.39, 0.29) is 0 Å². The van der Waals surface area contributed by atoms with Gasteiger partial charge in [0.1, 0.15) is 12.4 Å². The van der Waals surface area contributed by atoms with Crippen LogP contribution in [0.15, 0.2) is 53.7 Å². The van der Waals surface area contributed by atoms with E-state index in [4.69, 9.17) is 16.3 Å². The van der Waals surface area contributed by atoms with Gasteiger partial charge in [-0.15, -0.1) is 10.2 Å². The topological polar surface area (TPSA) is 39.9 Å². The molecule has 26 heavy (non-hydrogen) atoms. The van der Waals surface area contributed by atoms with Gasteiger partial charge < -0.3 is 9.30 Å². The highest BCUT2D eigenvalue weighted by Crippen LogP contribution is 2.23. The van der Waals surface area contributed by atoms with Crippen LogP contribution in [-0.4, -0.2) is 14.8 Å². The summed E-state index contributed by atoms with van der Waals surface area (Å²) in [6.45, 7) is 4.75. The number of rotatable bonds is 7. The zero-order chi connectivity index (χ0) is 18.5. The highest BCUT2D eigenvalue weighted by atomic mass is 35.5. The van der Waals surface area contributed by atoms with Gasteiger partial charge in [0.05, 0.1) is 0 Å². The van der Waals surface area contributed by atoms with E-state index in [0.29, 0.717) is 12.5 Å². The first kappa shape index (κ1) is 18.8. The lowest BCUT2D eigenvalue weighted by atomic mass is 10.0. The first-order chi connectivity index (χ1) is 12.5. The normalized spacial score (nSPS) is 11.1. The molecule has 2 aromatic carbocycles. The van der Waals surface area contributed by atoms with Gasteiger partial charge in [0.15, 0.2) is 11.0 Å². The summed E-state index contributed by atoms with van der Waals surface area (Å²) in [5, 5.41) is 10.1. The van der Waals surface area contributed by atoms with E-state index in [1.54, 1.807) is 11.8 Å². The van der Waals surface area contributed by atoms with Gasteiger partial charge in [-0.3, -0.25) is 0 Å². The predicted octanol–water partition coefficient (Wildman–Crippen LogP) is 5.46. The fourth-order valence-electron chi connectivity index (χ4n) is 2.42. The molecule has 0 radical (unpaired) electrons. The number of nitrogens with zero attached hydrogens (tertiary/aromatic N) is 3. The molecule has 0 amide bonds. The molecular formula is C20H22ClN3OS. The molecule has 0 atom stereocenters. The second-order valence-electron chi connectivity index (χ2n) is 6.39. The number of thioether (sulfide) groups is 1. The first-order valence-electron chi connectivity index (χ1n) is 8.51. The summed E-state index contributed by atoms with van der Waals surface area (Å²) in [4.78, 5) is 0. The standard InChI is InChI=1S/C20H22ClN3OS/c1-14(2)16-6-10-18(11-7-16)25-12-19-22-23-20(24(19)3)26-13-15-4-8-17(21)9-5-15/h4-11,14H,12-13H2,1-3H3. The minimum Gasteiger partial charge on any atom is -0.486 e. The Bertz CT molecular complexity index is 844. The van der Waals surface area contributed by atoms with Crippen molar-refractivity contribution >= 4 is 23.4 Å². The summed E-state index contributed by atoms with van der Waals surface area (Å²) >= 11 is 7.56. The number of hydrogen-bond donors (Lipinski definition) is 0. The predicted molar refractivity (Wildman–Crippen MR) is 107 cm³/mol. The maximum atomic E-state index is 5.92. The summed E-state index contributed by atoms with van der Waals surface area (Å²) in [5.41, 5.74) is 2.50. The molecule has 0 saturated carbocycles. The molecule has 1 aromatic heterocycles. The maximum Gasteiger partial charge on any atom is 0.191 e. The van der Waals surface area contributed by atoms with Crippen LogP contribution in [0, 0.1) is 0 Å². The van der Waals surface area contributed by atoms with Crippen molar-refractivity contribution in [3.05, 3.63) is 70.5 Å². The molecule has 1 heterocycles. The van der Waals surface area contributed by atoms with Crippen LogP contribution < -0.4 is 4.74 Å². The molecule has 0 bridgehead atoms. The molecule has 0 unspecified atom stereocenters. The van der Waals surface area contributed by atoms with Crippen LogP contribution in [0.4, 0.5) is 0 Å². The number of halogens is 1. The minimum atomic E-state index is 0.395. The Balaban J connectivity index is 1.57. The van der Waals surface area contributed by atoms with E-state index in [0.717, 1.165) is 27.5 Å². The molecule has 3 rings (SSSR count). The Morgan fingerprint density at radius 2 is 1.73 bits per heavy atom. The Hall–Kier alpha value is -1.98. The van der Waals surface area contributed by atoms with Crippen LogP contribution >= 0.6 is 23.4 Å². The number of ether oxygens (including phenoxy) is 1. The van der Waals surface area contributed by atoms with Crippen molar-refractivity contribution in [1.82, 2.24) is 14.8 Å². The quantitative estimate of drug-likeness (QED) is 0.504. The van der Waals surface area contributed by atoms with Crippen molar-refractivity contribution in [3.63, 3.8) is 0 Å². The Labute approximate surface area is 163 Å². The van der Waals surface area contributed by atoms with E-state index in [1.807, 2.05) is 48.0 Å². The van der Waals surface area contributed by atoms with Crippen LogP contribution in [0.1, 0.15) is 36.7 Å². The number of hydrogen-bond acceptors (Lipinski definition) is 4. The number of aromatic nitrogens is 3. The van der Waals surface area contributed by atoms with E-state index >= 15 is 0 Å². The highest BCUT2D eigenvalue weighted by molar-refractivity contribution is 7.98. The zero-order valence-corrected chi connectivity index (χ0v) is 16.7. The number of benzene rings is 2. The Kier molecular flexibility index (Phi) is 6.22. The smallest absolute Gasteiger partial charge is 0.191 e. The van der Waals surface area contributed by atoms with E-state index in [1.165, 1.54) is 11.1 Å². The fourth-order valence-corrected chi connectivity index (χ4v) is 3.43. The molecule has 4 nitrogen and oxygen atoms in total. The van der Waals surface area contributed by atoms with Gasteiger partial charge in [-0.1, -0.05) is 61.5 Å². The van der Waals surface area contributed by atoms with Crippen molar-refractivity contribution in [2.75, 3.05) is 0 Å². The Morgan fingerprint density at radius 3 is 2.38 bits per heavy atom. The van der Waals surface area contributed by atoms with E-state index < -0.39 is 0 Å². The van der Waals surface area contributed by atoms with Gasteiger partial charge in [-0.25, -0.2) is 0 Å². The van der Waals surface area contributed by atoms with Crippen molar-refractivity contribution in [3.8, 4) is 5.75 Å². The molecule has 0 saturated heterocycles. The SMILES string of the molecule is CC(C)c1ccc(OCc2nnc(SCc3ccc(Cl)cc3)n2C)cc1. The van der Waals surface area contributed by atoms with Crippen LogP contribution in [-0.2, 0) is 19.4 Å². The lowest BCUT2D eigenvalue weighted by Gasteiger charge is -2.09. The molecule has 0 aliphatic carbocycles. The molecule has 0 aliphatic rings. The largest absolute Gasteiger partial charge is 0.486 e. The maximum absolute atomic E-state index is 5.92. The molecule has 136 valence electrons. The molecule has 0 aliphatic heterocycles. The summed E-state index contributed by atoms with van der Waals surface area (Å²) in [6.07, 6.45) is 0. The second-order valence-corrected chi connectivity index (χ2v) is 7.76. The molecule has 0 N–H and O–H groups in total. The minimum absolute atomic E-state index is 0.395. The molecule has 3 aromatic rings. The third-order valence-electron chi connectivity index (χ3n) is 4.12. The van der Waals surface area contributed by atoms with Crippen LogP contribution in [0.3, 0.4) is 0 Å². The second kappa shape index (κ2) is 8.60. The van der Waals surface area contributed by atoms with Crippen molar-refractivity contribution in [2.45, 2.75) is 37.3 Å². The summed E-state index contributed by atoms with van der Waals surface area (Å²) in [7, 11) is 1.96. The van der Waals surface area contributed by atoms with Gasteiger partial charge in [0.2, 0.25) is 0 Å². The van der Waals surface area contributed by atoms with Gasteiger partial charge in [-0.05, 0) is 41.3 Å². The lowest BCUT2D eigenvalue weighted by Crippen LogP contribution is -2.04. The first-order valence-corrected chi connectivity index (χ1v) is 9.87. The van der Waals surface area contributed by atoms with E-state index in [2.05, 4.69) is 36.2 Å². The third-order valence-corrected chi connectivity index (χ3v) is 5.46. The average molecular weight is 388 g/mol. The van der Waals surface area contributed by atoms with Crippen LogP contribution in [0.25, 0.3) is 0 Å². The monoisotopic (exact) mass is 387 g/mol. The van der Waals surface area contributed by atoms with Crippen LogP contribution in [0.5, 0.6) is 5.75 Å². The van der Waals surface area contributed by atoms with Gasteiger partial charge in [0.25, 0.3) is 0 Å². The van der Waals surface area contributed by atoms with Crippen molar-refractivity contribution < 1.29 is 4.74 Å². The summed E-state index contributed by atoms with van der Waals surface area (Å²) in [6, 6.07) is 16.1. The van der Waals surface area contributed by atoms with Crippen molar-refractivity contribution in [1.29, 1.82) is 0 Å². The molecular weight excluding hydrogens is 366 g/mol. The van der Waals surface area contributed by atoms with Crippen LogP contribution in [0.2, 0.25) is 5.02 Å². The van der Waals surface area contributed by atoms with Gasteiger partial charge in [0, 0.05) is 17.8 Å². The highest BCUT2D eigenvalue weighted by Gasteiger charge is 2.10. The molecule has 0 fully saturated rings. The molecule has 6 heteroatoms.